The summed E-state index contributed by atoms with van der Waals surface area (Å²) in [5, 5.41) is 3.81. The van der Waals surface area contributed by atoms with Gasteiger partial charge in [-0.05, 0) is 31.2 Å². The predicted octanol–water partition coefficient (Wildman–Crippen LogP) is 4.39. The molecule has 0 atom stereocenters. The number of para-hydroxylation sites is 3. The molecule has 2 heterocycles. The topological polar surface area (TPSA) is 67.8 Å². The van der Waals surface area contributed by atoms with Crippen LogP contribution in [-0.2, 0) is 0 Å². The Balaban J connectivity index is 1.77. The van der Waals surface area contributed by atoms with Crippen molar-refractivity contribution in [2.45, 2.75) is 6.92 Å². The van der Waals surface area contributed by atoms with Crippen LogP contribution in [0.1, 0.15) is 16.2 Å². The van der Waals surface area contributed by atoms with Gasteiger partial charge in [0, 0.05) is 11.1 Å². The first-order valence-corrected chi connectivity index (χ1v) is 8.09. The van der Waals surface area contributed by atoms with Crippen molar-refractivity contribution >= 4 is 45.1 Å². The summed E-state index contributed by atoms with van der Waals surface area (Å²) in [7, 11) is 0. The Labute approximate surface area is 148 Å². The summed E-state index contributed by atoms with van der Waals surface area (Å²) in [6.45, 7) is 1.88. The van der Waals surface area contributed by atoms with E-state index in [0.29, 0.717) is 16.7 Å². The van der Waals surface area contributed by atoms with Gasteiger partial charge < -0.3 is 5.32 Å². The Morgan fingerprint density at radius 3 is 2.32 bits per heavy atom. The maximum atomic E-state index is 12.7. The van der Waals surface area contributed by atoms with Gasteiger partial charge in [-0.3, -0.25) is 9.78 Å². The first-order chi connectivity index (χ1) is 12.1. The average Bonchev–Trinajstić information content (AvgIpc) is 2.61. The summed E-state index contributed by atoms with van der Waals surface area (Å²) in [6.07, 6.45) is 0. The summed E-state index contributed by atoms with van der Waals surface area (Å²) in [5.41, 5.74) is 3.65. The number of rotatable bonds is 2. The molecule has 1 N–H and O–H groups in total. The summed E-state index contributed by atoms with van der Waals surface area (Å²) in [4.78, 5) is 25.8. The fourth-order valence-electron chi connectivity index (χ4n) is 2.72. The van der Waals surface area contributed by atoms with Crippen LogP contribution in [0.25, 0.3) is 21.9 Å². The maximum absolute atomic E-state index is 12.7. The molecule has 25 heavy (non-hydrogen) atoms. The zero-order chi connectivity index (χ0) is 17.4. The number of aromatic nitrogens is 3. The van der Waals surface area contributed by atoms with Gasteiger partial charge in [-0.25, -0.2) is 9.97 Å². The number of pyridine rings is 1. The van der Waals surface area contributed by atoms with E-state index in [1.54, 1.807) is 12.1 Å². The van der Waals surface area contributed by atoms with Gasteiger partial charge in [0.15, 0.2) is 10.8 Å². The number of aryl methyl sites for hydroxylation is 1. The number of halogens is 1. The second kappa shape index (κ2) is 6.11. The predicted molar refractivity (Wildman–Crippen MR) is 99.0 cm³/mol. The monoisotopic (exact) mass is 348 g/mol. The molecular weight excluding hydrogens is 336 g/mol. The standard InChI is InChI=1S/C19H13ClN4O/c1-11-10-16(12-6-2-3-7-13(12)21-11)24-19(25)17-18(20)23-15-9-5-4-8-14(15)22-17/h2-10H,1H3,(H,21,24,25). The zero-order valence-corrected chi connectivity index (χ0v) is 14.1. The van der Waals surface area contributed by atoms with Crippen LogP contribution in [0.3, 0.4) is 0 Å². The molecule has 5 nitrogen and oxygen atoms in total. The fourth-order valence-corrected chi connectivity index (χ4v) is 2.93. The number of benzene rings is 2. The lowest BCUT2D eigenvalue weighted by Gasteiger charge is -2.10. The van der Waals surface area contributed by atoms with Crippen LogP contribution in [0.5, 0.6) is 0 Å². The summed E-state index contributed by atoms with van der Waals surface area (Å²) < 4.78 is 0. The number of amides is 1. The molecule has 122 valence electrons. The molecule has 0 aliphatic rings. The van der Waals surface area contributed by atoms with Gasteiger partial charge in [0.1, 0.15) is 0 Å². The van der Waals surface area contributed by atoms with Crippen LogP contribution in [-0.4, -0.2) is 20.9 Å². The minimum absolute atomic E-state index is 0.0753. The third kappa shape index (κ3) is 2.90. The highest BCUT2D eigenvalue weighted by molar-refractivity contribution is 6.33. The SMILES string of the molecule is Cc1cc(NC(=O)c2nc3ccccc3nc2Cl)c2ccccc2n1. The summed E-state index contributed by atoms with van der Waals surface area (Å²) >= 11 is 6.17. The minimum atomic E-state index is -0.404. The second-order valence-electron chi connectivity index (χ2n) is 5.63. The van der Waals surface area contributed by atoms with E-state index in [9.17, 15) is 4.79 Å². The number of fused-ring (bicyclic) bond motifs is 2. The van der Waals surface area contributed by atoms with E-state index < -0.39 is 5.91 Å². The second-order valence-corrected chi connectivity index (χ2v) is 5.99. The third-order valence-electron chi connectivity index (χ3n) is 3.84. The minimum Gasteiger partial charge on any atom is -0.320 e. The molecule has 0 spiro atoms. The van der Waals surface area contributed by atoms with Gasteiger partial charge >= 0.3 is 0 Å². The molecule has 1 amide bonds. The van der Waals surface area contributed by atoms with Crippen LogP contribution in [0.2, 0.25) is 5.15 Å². The van der Waals surface area contributed by atoms with Gasteiger partial charge in [0.25, 0.3) is 5.91 Å². The van der Waals surface area contributed by atoms with Crippen molar-refractivity contribution in [3.8, 4) is 0 Å². The van der Waals surface area contributed by atoms with E-state index in [4.69, 9.17) is 11.6 Å². The van der Waals surface area contributed by atoms with E-state index in [2.05, 4.69) is 20.3 Å². The maximum Gasteiger partial charge on any atom is 0.277 e. The number of anilines is 1. The number of nitrogens with one attached hydrogen (secondary N) is 1. The first kappa shape index (κ1) is 15.5. The van der Waals surface area contributed by atoms with Crippen LogP contribution in [0, 0.1) is 6.92 Å². The highest BCUT2D eigenvalue weighted by Crippen LogP contribution is 2.24. The van der Waals surface area contributed by atoms with Crippen molar-refractivity contribution in [1.82, 2.24) is 15.0 Å². The molecule has 2 aromatic carbocycles. The van der Waals surface area contributed by atoms with Crippen molar-refractivity contribution in [3.05, 3.63) is 71.1 Å². The lowest BCUT2D eigenvalue weighted by Crippen LogP contribution is -2.15. The van der Waals surface area contributed by atoms with Gasteiger partial charge in [0.2, 0.25) is 0 Å². The number of hydrogen-bond donors (Lipinski definition) is 1. The zero-order valence-electron chi connectivity index (χ0n) is 13.3. The highest BCUT2D eigenvalue weighted by atomic mass is 35.5. The Morgan fingerprint density at radius 2 is 1.56 bits per heavy atom. The van der Waals surface area contributed by atoms with Gasteiger partial charge in [-0.2, -0.15) is 0 Å². The number of nitrogens with zero attached hydrogens (tertiary/aromatic N) is 3. The summed E-state index contributed by atoms with van der Waals surface area (Å²) in [5.74, 6) is -0.404. The summed E-state index contributed by atoms with van der Waals surface area (Å²) in [6, 6.07) is 16.7. The van der Waals surface area contributed by atoms with Crippen LogP contribution < -0.4 is 5.32 Å². The van der Waals surface area contributed by atoms with Crippen molar-refractivity contribution in [3.63, 3.8) is 0 Å². The molecule has 0 bridgehead atoms. The normalized spacial score (nSPS) is 11.0. The average molecular weight is 349 g/mol. The molecule has 4 rings (SSSR count). The molecule has 0 radical (unpaired) electrons. The lowest BCUT2D eigenvalue weighted by atomic mass is 10.1. The van der Waals surface area contributed by atoms with Gasteiger partial charge in [0.05, 0.1) is 22.2 Å². The van der Waals surface area contributed by atoms with Crippen LogP contribution in [0.15, 0.2) is 54.6 Å². The van der Waals surface area contributed by atoms with E-state index >= 15 is 0 Å². The number of hydrogen-bond acceptors (Lipinski definition) is 4. The smallest absolute Gasteiger partial charge is 0.277 e. The molecule has 4 aromatic rings. The Morgan fingerprint density at radius 1 is 0.920 bits per heavy atom. The molecule has 0 unspecified atom stereocenters. The van der Waals surface area contributed by atoms with Gasteiger partial charge in [-0.1, -0.05) is 41.9 Å². The Bertz CT molecular complexity index is 1130. The number of carbonyl (C=O) groups excluding carboxylic acids is 1. The van der Waals surface area contributed by atoms with E-state index in [1.165, 1.54) is 0 Å². The third-order valence-corrected chi connectivity index (χ3v) is 4.10. The number of carbonyl (C=O) groups is 1. The van der Waals surface area contributed by atoms with Crippen molar-refractivity contribution in [1.29, 1.82) is 0 Å². The van der Waals surface area contributed by atoms with Crippen LogP contribution in [0.4, 0.5) is 5.69 Å². The highest BCUT2D eigenvalue weighted by Gasteiger charge is 2.16. The van der Waals surface area contributed by atoms with Gasteiger partial charge in [-0.15, -0.1) is 0 Å². The largest absolute Gasteiger partial charge is 0.320 e. The quantitative estimate of drug-likeness (QED) is 0.583. The molecule has 6 heteroatoms. The molecule has 0 aliphatic carbocycles. The molecule has 0 aliphatic heterocycles. The molecular formula is C19H13ClN4O. The first-order valence-electron chi connectivity index (χ1n) is 7.72. The lowest BCUT2D eigenvalue weighted by molar-refractivity contribution is 0.102. The molecule has 0 saturated heterocycles. The van der Waals surface area contributed by atoms with E-state index in [1.807, 2.05) is 49.4 Å². The molecule has 0 fully saturated rings. The van der Waals surface area contributed by atoms with E-state index in [-0.39, 0.29) is 10.8 Å². The Kier molecular flexibility index (Phi) is 3.78. The van der Waals surface area contributed by atoms with Crippen molar-refractivity contribution < 1.29 is 4.79 Å². The van der Waals surface area contributed by atoms with E-state index in [0.717, 1.165) is 16.6 Å². The molecule has 0 saturated carbocycles. The van der Waals surface area contributed by atoms with Crippen LogP contribution >= 0.6 is 11.6 Å². The fraction of sp³-hybridized carbons (Fsp3) is 0.0526. The Hall–Kier alpha value is -3.05. The van der Waals surface area contributed by atoms with Crippen molar-refractivity contribution in [2.24, 2.45) is 0 Å². The van der Waals surface area contributed by atoms with Crippen molar-refractivity contribution in [2.75, 3.05) is 5.32 Å². The molecule has 2 aromatic heterocycles.